The molecule has 2 N–H and O–H groups in total. The molecule has 0 fully saturated rings. The molecule has 0 atom stereocenters. The molecule has 3 aromatic rings. The van der Waals surface area contributed by atoms with Crippen LogP contribution >= 0.6 is 23.1 Å². The van der Waals surface area contributed by atoms with Crippen molar-refractivity contribution in [3.63, 3.8) is 0 Å². The van der Waals surface area contributed by atoms with Gasteiger partial charge in [-0.3, -0.25) is 30.6 Å². The summed E-state index contributed by atoms with van der Waals surface area (Å²) in [6.07, 6.45) is 0. The van der Waals surface area contributed by atoms with Gasteiger partial charge in [0, 0.05) is 28.6 Å². The largest absolute Gasteiger partial charge is 0.272 e. The van der Waals surface area contributed by atoms with Crippen LogP contribution in [0.25, 0.3) is 11.3 Å². The minimum absolute atomic E-state index is 0.0664. The van der Waals surface area contributed by atoms with E-state index in [0.717, 1.165) is 21.7 Å². The van der Waals surface area contributed by atoms with E-state index in [0.29, 0.717) is 0 Å². The van der Waals surface area contributed by atoms with Crippen LogP contribution in [0.5, 0.6) is 0 Å². The Morgan fingerprint density at radius 2 is 1.89 bits per heavy atom. The van der Waals surface area contributed by atoms with Crippen molar-refractivity contribution in [1.82, 2.24) is 15.8 Å². The highest BCUT2D eigenvalue weighted by Crippen LogP contribution is 2.27. The maximum Gasteiger partial charge on any atom is 0.270 e. The molecular weight excluding hydrogens is 400 g/mol. The summed E-state index contributed by atoms with van der Waals surface area (Å²) in [5.41, 5.74) is 6.24. The van der Waals surface area contributed by atoms with E-state index in [1.165, 1.54) is 41.3 Å². The SMILES string of the molecule is O=C(CSc1nc(-c2ccccc2)cs1)NNC(=O)c1cccc([N+](=O)[O-])c1. The lowest BCUT2D eigenvalue weighted by Crippen LogP contribution is -2.42. The van der Waals surface area contributed by atoms with Gasteiger partial charge in [-0.25, -0.2) is 4.98 Å². The number of nitro groups is 1. The summed E-state index contributed by atoms with van der Waals surface area (Å²) in [6, 6.07) is 14.9. The van der Waals surface area contributed by atoms with E-state index in [4.69, 9.17) is 0 Å². The van der Waals surface area contributed by atoms with Crippen molar-refractivity contribution >= 4 is 40.6 Å². The molecule has 1 heterocycles. The molecule has 3 rings (SSSR count). The third kappa shape index (κ3) is 5.15. The van der Waals surface area contributed by atoms with Crippen molar-refractivity contribution in [1.29, 1.82) is 0 Å². The molecule has 28 heavy (non-hydrogen) atoms. The first-order valence-electron chi connectivity index (χ1n) is 8.00. The number of carbonyl (C=O) groups excluding carboxylic acids is 2. The van der Waals surface area contributed by atoms with Crippen molar-refractivity contribution < 1.29 is 14.5 Å². The maximum absolute atomic E-state index is 12.0. The van der Waals surface area contributed by atoms with Gasteiger partial charge in [0.15, 0.2) is 4.34 Å². The quantitative estimate of drug-likeness (QED) is 0.363. The van der Waals surface area contributed by atoms with E-state index in [-0.39, 0.29) is 17.0 Å². The normalized spacial score (nSPS) is 10.3. The Kier molecular flexibility index (Phi) is 6.35. The highest BCUT2D eigenvalue weighted by molar-refractivity contribution is 8.01. The molecule has 8 nitrogen and oxygen atoms in total. The molecular formula is C18H14N4O4S2. The summed E-state index contributed by atoms with van der Waals surface area (Å²) in [6.45, 7) is 0. The molecule has 0 aliphatic heterocycles. The van der Waals surface area contributed by atoms with E-state index in [9.17, 15) is 19.7 Å². The summed E-state index contributed by atoms with van der Waals surface area (Å²) >= 11 is 2.69. The minimum Gasteiger partial charge on any atom is -0.272 e. The number of thioether (sulfide) groups is 1. The van der Waals surface area contributed by atoms with Crippen LogP contribution in [0.1, 0.15) is 10.4 Å². The summed E-state index contributed by atoms with van der Waals surface area (Å²) in [5, 5.41) is 12.7. The number of non-ortho nitro benzene ring substituents is 1. The van der Waals surface area contributed by atoms with Crippen molar-refractivity contribution in [2.45, 2.75) is 4.34 Å². The Bertz CT molecular complexity index is 1010. The Hall–Kier alpha value is -3.24. The van der Waals surface area contributed by atoms with Gasteiger partial charge in [0.25, 0.3) is 11.6 Å². The van der Waals surface area contributed by atoms with Gasteiger partial charge in [0.2, 0.25) is 5.91 Å². The molecule has 2 aromatic carbocycles. The lowest BCUT2D eigenvalue weighted by molar-refractivity contribution is -0.384. The number of amides is 2. The second-order valence-electron chi connectivity index (χ2n) is 5.46. The molecule has 2 amide bonds. The summed E-state index contributed by atoms with van der Waals surface area (Å²) in [4.78, 5) is 38.5. The number of hydrogen-bond donors (Lipinski definition) is 2. The first kappa shape index (κ1) is 19.5. The lowest BCUT2D eigenvalue weighted by atomic mass is 10.2. The number of nitrogens with one attached hydrogen (secondary N) is 2. The average Bonchev–Trinajstić information content (AvgIpc) is 3.20. The van der Waals surface area contributed by atoms with Crippen molar-refractivity contribution in [2.24, 2.45) is 0 Å². The van der Waals surface area contributed by atoms with Gasteiger partial charge in [-0.1, -0.05) is 48.2 Å². The Morgan fingerprint density at radius 3 is 2.64 bits per heavy atom. The van der Waals surface area contributed by atoms with Crippen LogP contribution in [0.3, 0.4) is 0 Å². The first-order valence-corrected chi connectivity index (χ1v) is 9.87. The average molecular weight is 414 g/mol. The van der Waals surface area contributed by atoms with Gasteiger partial charge < -0.3 is 0 Å². The number of thiazole rings is 1. The van der Waals surface area contributed by atoms with Crippen LogP contribution in [0.15, 0.2) is 64.3 Å². The molecule has 0 saturated heterocycles. The van der Waals surface area contributed by atoms with E-state index in [1.807, 2.05) is 35.7 Å². The fourth-order valence-electron chi connectivity index (χ4n) is 2.19. The molecule has 10 heteroatoms. The van der Waals surface area contributed by atoms with Crippen molar-refractivity contribution in [2.75, 3.05) is 5.75 Å². The topological polar surface area (TPSA) is 114 Å². The molecule has 0 radical (unpaired) electrons. The van der Waals surface area contributed by atoms with E-state index in [2.05, 4.69) is 15.8 Å². The smallest absolute Gasteiger partial charge is 0.270 e. The predicted molar refractivity (Wildman–Crippen MR) is 107 cm³/mol. The zero-order chi connectivity index (χ0) is 19.9. The summed E-state index contributed by atoms with van der Waals surface area (Å²) < 4.78 is 0.735. The monoisotopic (exact) mass is 414 g/mol. The van der Waals surface area contributed by atoms with Crippen molar-refractivity contribution in [3.8, 4) is 11.3 Å². The van der Waals surface area contributed by atoms with Gasteiger partial charge in [0.1, 0.15) is 0 Å². The molecule has 0 bridgehead atoms. The van der Waals surface area contributed by atoms with E-state index < -0.39 is 16.7 Å². The number of hydrazine groups is 1. The Labute approximate surface area is 168 Å². The van der Waals surface area contributed by atoms with Gasteiger partial charge in [-0.15, -0.1) is 11.3 Å². The van der Waals surface area contributed by atoms with Crippen LogP contribution in [0.4, 0.5) is 5.69 Å². The molecule has 0 aliphatic carbocycles. The summed E-state index contributed by atoms with van der Waals surface area (Å²) in [7, 11) is 0. The number of nitrogens with zero attached hydrogens (tertiary/aromatic N) is 2. The number of benzene rings is 2. The molecule has 1 aromatic heterocycles. The van der Waals surface area contributed by atoms with Gasteiger partial charge >= 0.3 is 0 Å². The highest BCUT2D eigenvalue weighted by Gasteiger charge is 2.13. The number of nitro benzene ring substituents is 1. The fraction of sp³-hybridized carbons (Fsp3) is 0.0556. The Balaban J connectivity index is 1.48. The number of aromatic nitrogens is 1. The Morgan fingerprint density at radius 1 is 1.11 bits per heavy atom. The molecule has 142 valence electrons. The van der Waals surface area contributed by atoms with Crippen LogP contribution in [0, 0.1) is 10.1 Å². The second-order valence-corrected chi connectivity index (χ2v) is 7.54. The van der Waals surface area contributed by atoms with Crippen LogP contribution in [-0.4, -0.2) is 27.5 Å². The number of hydrogen-bond acceptors (Lipinski definition) is 7. The van der Waals surface area contributed by atoms with Gasteiger partial charge in [-0.2, -0.15) is 0 Å². The van der Waals surface area contributed by atoms with Gasteiger partial charge in [0.05, 0.1) is 16.4 Å². The maximum atomic E-state index is 12.0. The molecule has 0 saturated carbocycles. The third-order valence-corrected chi connectivity index (χ3v) is 5.54. The van der Waals surface area contributed by atoms with Crippen LogP contribution in [0.2, 0.25) is 0 Å². The number of rotatable bonds is 6. The zero-order valence-corrected chi connectivity index (χ0v) is 16.0. The molecule has 0 aliphatic rings. The highest BCUT2D eigenvalue weighted by atomic mass is 32.2. The van der Waals surface area contributed by atoms with Crippen molar-refractivity contribution in [3.05, 3.63) is 75.7 Å². The standard InChI is InChI=1S/C18H14N4O4S2/c23-16(20-21-17(24)13-7-4-8-14(9-13)22(25)26)11-28-18-19-15(10-27-18)12-5-2-1-3-6-12/h1-10H,11H2,(H,20,23)(H,21,24). The molecule has 0 unspecified atom stereocenters. The van der Waals surface area contributed by atoms with Crippen LogP contribution < -0.4 is 10.9 Å². The van der Waals surface area contributed by atoms with E-state index in [1.54, 1.807) is 0 Å². The summed E-state index contributed by atoms with van der Waals surface area (Å²) in [5.74, 6) is -0.986. The second kappa shape index (κ2) is 9.11. The number of carbonyl (C=O) groups is 2. The lowest BCUT2D eigenvalue weighted by Gasteiger charge is -2.06. The van der Waals surface area contributed by atoms with E-state index >= 15 is 0 Å². The fourth-order valence-corrected chi connectivity index (χ4v) is 3.82. The van der Waals surface area contributed by atoms with Gasteiger partial charge in [-0.05, 0) is 6.07 Å². The predicted octanol–water partition coefficient (Wildman–Crippen LogP) is 3.27. The molecule has 0 spiro atoms. The third-order valence-electron chi connectivity index (χ3n) is 3.51. The zero-order valence-electron chi connectivity index (χ0n) is 14.3. The first-order chi connectivity index (χ1) is 13.5. The van der Waals surface area contributed by atoms with Crippen LogP contribution in [-0.2, 0) is 4.79 Å². The minimum atomic E-state index is -0.636.